The normalized spacial score (nSPS) is 19.0. The Morgan fingerprint density at radius 2 is 2.00 bits per heavy atom. The van der Waals surface area contributed by atoms with Crippen LogP contribution in [0.4, 0.5) is 10.5 Å². The molecular weight excluding hydrogens is 354 g/mol. The van der Waals surface area contributed by atoms with Gasteiger partial charge in [-0.1, -0.05) is 25.8 Å². The lowest BCUT2D eigenvalue weighted by Crippen LogP contribution is -2.34. The molecule has 28 heavy (non-hydrogen) atoms. The zero-order valence-electron chi connectivity index (χ0n) is 16.4. The molecule has 0 bridgehead atoms. The topological polar surface area (TPSA) is 72.5 Å². The number of amides is 2. The van der Waals surface area contributed by atoms with Gasteiger partial charge in [-0.05, 0) is 48.6 Å². The van der Waals surface area contributed by atoms with Crippen LogP contribution in [0.5, 0.6) is 5.75 Å². The molecule has 6 heteroatoms. The van der Waals surface area contributed by atoms with E-state index < -0.39 is 0 Å². The quantitative estimate of drug-likeness (QED) is 0.664. The van der Waals surface area contributed by atoms with Gasteiger partial charge in [0.1, 0.15) is 12.4 Å². The summed E-state index contributed by atoms with van der Waals surface area (Å²) in [6.07, 6.45) is 8.69. The molecule has 1 fully saturated rings. The Labute approximate surface area is 166 Å². The number of hydrogen-bond acceptors (Lipinski definition) is 4. The highest BCUT2D eigenvalue weighted by Crippen LogP contribution is 2.26. The lowest BCUT2D eigenvalue weighted by Gasteiger charge is -2.28. The highest BCUT2D eigenvalue weighted by molar-refractivity contribution is 5.89. The summed E-state index contributed by atoms with van der Waals surface area (Å²) in [6.45, 7) is 3.73. The summed E-state index contributed by atoms with van der Waals surface area (Å²) >= 11 is 0. The van der Waals surface area contributed by atoms with Gasteiger partial charge in [0.2, 0.25) is 0 Å². The van der Waals surface area contributed by atoms with Crippen molar-refractivity contribution in [3.63, 3.8) is 0 Å². The zero-order valence-corrected chi connectivity index (χ0v) is 16.4. The van der Waals surface area contributed by atoms with Crippen LogP contribution in [0.2, 0.25) is 0 Å². The number of pyridine rings is 1. The maximum Gasteiger partial charge on any atom is 0.319 e. The first kappa shape index (κ1) is 20.1. The predicted molar refractivity (Wildman–Crippen MR) is 109 cm³/mol. The molecule has 0 saturated heterocycles. The van der Waals surface area contributed by atoms with Crippen LogP contribution < -0.4 is 15.4 Å². The van der Waals surface area contributed by atoms with E-state index >= 15 is 0 Å². The van der Waals surface area contributed by atoms with Gasteiger partial charge in [-0.25, -0.2) is 4.79 Å². The van der Waals surface area contributed by atoms with Crippen molar-refractivity contribution in [1.82, 2.24) is 10.3 Å². The van der Waals surface area contributed by atoms with Crippen molar-refractivity contribution >= 4 is 11.7 Å². The molecule has 0 aliphatic heterocycles. The molecule has 3 rings (SSSR count). The standard InChI is InChI=1S/C22H29N3O3/c1-17-5-2-3-8-21(17)27-14-13-24-22(26)25-19-6-4-7-20(15-19)28-16-18-9-11-23-12-10-18/h4,6-7,9-12,15,17,21H,2-3,5,8,13-14,16H2,1H3,(H2,24,25,26)/t17-,21+/m1/s1. The second kappa shape index (κ2) is 10.7. The highest BCUT2D eigenvalue weighted by Gasteiger charge is 2.21. The lowest BCUT2D eigenvalue weighted by molar-refractivity contribution is -0.00232. The van der Waals surface area contributed by atoms with Gasteiger partial charge in [0, 0.05) is 30.7 Å². The molecule has 1 heterocycles. The van der Waals surface area contributed by atoms with E-state index in [0.717, 1.165) is 12.0 Å². The van der Waals surface area contributed by atoms with Gasteiger partial charge in [-0.3, -0.25) is 4.98 Å². The molecule has 150 valence electrons. The largest absolute Gasteiger partial charge is 0.489 e. The Morgan fingerprint density at radius 1 is 1.18 bits per heavy atom. The van der Waals surface area contributed by atoms with E-state index in [1.165, 1.54) is 19.3 Å². The Bertz CT molecular complexity index is 739. The number of rotatable bonds is 8. The maximum absolute atomic E-state index is 12.1. The summed E-state index contributed by atoms with van der Waals surface area (Å²) in [6, 6.07) is 10.9. The molecule has 2 amide bonds. The molecule has 2 atom stereocenters. The van der Waals surface area contributed by atoms with Gasteiger partial charge < -0.3 is 20.1 Å². The number of ether oxygens (including phenoxy) is 2. The zero-order chi connectivity index (χ0) is 19.6. The molecule has 1 saturated carbocycles. The highest BCUT2D eigenvalue weighted by atomic mass is 16.5. The lowest BCUT2D eigenvalue weighted by atomic mass is 9.88. The van der Waals surface area contributed by atoms with Crippen molar-refractivity contribution < 1.29 is 14.3 Å². The Hall–Kier alpha value is -2.60. The summed E-state index contributed by atoms with van der Waals surface area (Å²) in [5, 5.41) is 5.67. The van der Waals surface area contributed by atoms with Crippen LogP contribution in [-0.2, 0) is 11.3 Å². The van der Waals surface area contributed by atoms with Crippen LogP contribution >= 0.6 is 0 Å². The molecule has 2 N–H and O–H groups in total. The number of benzene rings is 1. The Balaban J connectivity index is 1.37. The first-order chi connectivity index (χ1) is 13.7. The molecule has 0 unspecified atom stereocenters. The smallest absolute Gasteiger partial charge is 0.319 e. The van der Waals surface area contributed by atoms with Crippen molar-refractivity contribution in [3.05, 3.63) is 54.4 Å². The van der Waals surface area contributed by atoms with Crippen molar-refractivity contribution in [3.8, 4) is 5.75 Å². The van der Waals surface area contributed by atoms with Crippen LogP contribution in [0.1, 0.15) is 38.2 Å². The monoisotopic (exact) mass is 383 g/mol. The number of carbonyl (C=O) groups excluding carboxylic acids is 1. The Kier molecular flexibility index (Phi) is 7.67. The summed E-state index contributed by atoms with van der Waals surface area (Å²) in [5.41, 5.74) is 1.73. The van der Waals surface area contributed by atoms with Crippen molar-refractivity contribution in [2.45, 2.75) is 45.3 Å². The number of nitrogens with zero attached hydrogens (tertiary/aromatic N) is 1. The van der Waals surface area contributed by atoms with Crippen molar-refractivity contribution in [2.75, 3.05) is 18.5 Å². The number of anilines is 1. The molecule has 1 aliphatic carbocycles. The summed E-state index contributed by atoms with van der Waals surface area (Å²) in [7, 11) is 0. The molecule has 1 aromatic heterocycles. The summed E-state index contributed by atoms with van der Waals surface area (Å²) < 4.78 is 11.7. The third kappa shape index (κ3) is 6.53. The van der Waals surface area contributed by atoms with E-state index in [4.69, 9.17) is 9.47 Å². The summed E-state index contributed by atoms with van der Waals surface area (Å²) in [4.78, 5) is 16.1. The fourth-order valence-corrected chi connectivity index (χ4v) is 3.39. The van der Waals surface area contributed by atoms with Crippen LogP contribution in [0, 0.1) is 5.92 Å². The number of aromatic nitrogens is 1. The van der Waals surface area contributed by atoms with E-state index in [0.29, 0.717) is 43.2 Å². The number of urea groups is 1. The molecule has 1 aromatic carbocycles. The second-order valence-corrected chi connectivity index (χ2v) is 7.22. The van der Waals surface area contributed by atoms with Crippen LogP contribution in [-0.4, -0.2) is 30.3 Å². The number of nitrogens with one attached hydrogen (secondary N) is 2. The number of hydrogen-bond donors (Lipinski definition) is 2. The third-order valence-electron chi connectivity index (χ3n) is 5.00. The maximum atomic E-state index is 12.1. The molecule has 0 radical (unpaired) electrons. The van der Waals surface area contributed by atoms with E-state index in [9.17, 15) is 4.79 Å². The molecule has 1 aliphatic rings. The van der Waals surface area contributed by atoms with Crippen LogP contribution in [0.25, 0.3) is 0 Å². The minimum absolute atomic E-state index is 0.244. The van der Waals surface area contributed by atoms with Crippen LogP contribution in [0.15, 0.2) is 48.8 Å². The van der Waals surface area contributed by atoms with Gasteiger partial charge >= 0.3 is 6.03 Å². The van der Waals surface area contributed by atoms with Gasteiger partial charge in [0.25, 0.3) is 0 Å². The van der Waals surface area contributed by atoms with Gasteiger partial charge in [0.05, 0.1) is 12.7 Å². The third-order valence-corrected chi connectivity index (χ3v) is 5.00. The van der Waals surface area contributed by atoms with Gasteiger partial charge in [0.15, 0.2) is 0 Å². The van der Waals surface area contributed by atoms with E-state index in [2.05, 4.69) is 22.5 Å². The fourth-order valence-electron chi connectivity index (χ4n) is 3.39. The Morgan fingerprint density at radius 3 is 2.82 bits per heavy atom. The average molecular weight is 383 g/mol. The fraction of sp³-hybridized carbons (Fsp3) is 0.455. The van der Waals surface area contributed by atoms with E-state index in [-0.39, 0.29) is 6.03 Å². The molecule has 0 spiro atoms. The van der Waals surface area contributed by atoms with E-state index in [1.54, 1.807) is 18.5 Å². The molecule has 6 nitrogen and oxygen atoms in total. The minimum atomic E-state index is -0.244. The van der Waals surface area contributed by atoms with Crippen LogP contribution in [0.3, 0.4) is 0 Å². The molecule has 2 aromatic rings. The second-order valence-electron chi connectivity index (χ2n) is 7.22. The van der Waals surface area contributed by atoms with Gasteiger partial charge in [-0.15, -0.1) is 0 Å². The number of carbonyl (C=O) groups is 1. The first-order valence-corrected chi connectivity index (χ1v) is 9.99. The van der Waals surface area contributed by atoms with Gasteiger partial charge in [-0.2, -0.15) is 0 Å². The SMILES string of the molecule is C[C@@H]1CCCC[C@@H]1OCCNC(=O)Nc1cccc(OCc2ccncc2)c1. The summed E-state index contributed by atoms with van der Waals surface area (Å²) in [5.74, 6) is 1.31. The van der Waals surface area contributed by atoms with Crippen molar-refractivity contribution in [1.29, 1.82) is 0 Å². The van der Waals surface area contributed by atoms with Crippen molar-refractivity contribution in [2.24, 2.45) is 5.92 Å². The first-order valence-electron chi connectivity index (χ1n) is 9.99. The van der Waals surface area contributed by atoms with E-state index in [1.807, 2.05) is 30.3 Å². The predicted octanol–water partition coefficient (Wildman–Crippen LogP) is 4.38. The molecular formula is C22H29N3O3. The minimum Gasteiger partial charge on any atom is -0.489 e. The average Bonchev–Trinajstić information content (AvgIpc) is 2.72.